The zero-order valence-electron chi connectivity index (χ0n) is 18.6. The molecular weight excluding hydrogens is 430 g/mol. The SMILES string of the molecule is CC1(C)CC(=O)C2=C(C1)NC(SCC(=O)NC(C)(C)C)=C(C#N)C2c1ccc(Cl)cc1. The van der Waals surface area contributed by atoms with E-state index in [0.29, 0.717) is 34.0 Å². The largest absolute Gasteiger partial charge is 0.352 e. The monoisotopic (exact) mass is 457 g/mol. The van der Waals surface area contributed by atoms with Crippen LogP contribution in [0.2, 0.25) is 5.02 Å². The van der Waals surface area contributed by atoms with Crippen LogP contribution in [0.15, 0.2) is 46.1 Å². The molecule has 2 aliphatic rings. The van der Waals surface area contributed by atoms with Crippen molar-refractivity contribution in [3.8, 4) is 6.07 Å². The van der Waals surface area contributed by atoms with Gasteiger partial charge in [0.1, 0.15) is 0 Å². The number of allylic oxidation sites excluding steroid dienone is 3. The van der Waals surface area contributed by atoms with Crippen LogP contribution in [0.5, 0.6) is 0 Å². The third kappa shape index (κ3) is 5.53. The minimum atomic E-state index is -0.463. The average Bonchev–Trinajstić information content (AvgIpc) is 2.63. The molecule has 0 bridgehead atoms. The number of ketones is 1. The number of amides is 1. The van der Waals surface area contributed by atoms with Crippen LogP contribution in [0.4, 0.5) is 0 Å². The fraction of sp³-hybridized carbons (Fsp3) is 0.458. The van der Waals surface area contributed by atoms with E-state index in [9.17, 15) is 14.9 Å². The van der Waals surface area contributed by atoms with Crippen LogP contribution >= 0.6 is 23.4 Å². The molecule has 3 rings (SSSR count). The van der Waals surface area contributed by atoms with Crippen molar-refractivity contribution in [1.82, 2.24) is 10.6 Å². The number of nitrogens with zero attached hydrogens (tertiary/aromatic N) is 1. The molecule has 1 heterocycles. The number of nitriles is 1. The molecule has 0 spiro atoms. The lowest BCUT2D eigenvalue weighted by Gasteiger charge is -2.39. The normalized spacial score (nSPS) is 20.7. The smallest absolute Gasteiger partial charge is 0.230 e. The van der Waals surface area contributed by atoms with Crippen molar-refractivity contribution in [1.29, 1.82) is 5.26 Å². The van der Waals surface area contributed by atoms with Crippen LogP contribution in [-0.2, 0) is 9.59 Å². The lowest BCUT2D eigenvalue weighted by atomic mass is 9.69. The van der Waals surface area contributed by atoms with Crippen molar-refractivity contribution in [3.05, 3.63) is 56.7 Å². The summed E-state index contributed by atoms with van der Waals surface area (Å²) in [5.74, 6) is -0.332. The lowest BCUT2D eigenvalue weighted by Crippen LogP contribution is -2.42. The summed E-state index contributed by atoms with van der Waals surface area (Å²) in [5, 5.41) is 17.6. The average molecular weight is 458 g/mol. The quantitative estimate of drug-likeness (QED) is 0.660. The fourth-order valence-corrected chi connectivity index (χ4v) is 5.06. The molecule has 5 nitrogen and oxygen atoms in total. The minimum absolute atomic E-state index is 0.0565. The molecule has 31 heavy (non-hydrogen) atoms. The summed E-state index contributed by atoms with van der Waals surface area (Å²) in [5.41, 5.74) is 2.31. The number of halogens is 1. The van der Waals surface area contributed by atoms with Crippen LogP contribution in [0.3, 0.4) is 0 Å². The number of nitrogens with one attached hydrogen (secondary N) is 2. The molecule has 1 aliphatic heterocycles. The van der Waals surface area contributed by atoms with Crippen molar-refractivity contribution < 1.29 is 9.59 Å². The first-order chi connectivity index (χ1) is 14.4. The molecule has 164 valence electrons. The van der Waals surface area contributed by atoms with Gasteiger partial charge in [0.25, 0.3) is 0 Å². The van der Waals surface area contributed by atoms with Gasteiger partial charge in [-0.3, -0.25) is 9.59 Å². The third-order valence-corrected chi connectivity index (χ3v) is 6.46. The Kier molecular flexibility index (Phi) is 6.59. The second-order valence-corrected chi connectivity index (χ2v) is 11.3. The van der Waals surface area contributed by atoms with Gasteiger partial charge in [-0.05, 0) is 50.3 Å². The van der Waals surface area contributed by atoms with Crippen molar-refractivity contribution >= 4 is 35.1 Å². The van der Waals surface area contributed by atoms with Crippen molar-refractivity contribution in [3.63, 3.8) is 0 Å². The predicted molar refractivity (Wildman–Crippen MR) is 125 cm³/mol. The van der Waals surface area contributed by atoms with E-state index in [4.69, 9.17) is 11.6 Å². The number of benzene rings is 1. The fourth-order valence-electron chi connectivity index (χ4n) is 4.07. The molecule has 0 fully saturated rings. The zero-order valence-corrected chi connectivity index (χ0v) is 20.1. The molecule has 1 atom stereocenters. The first-order valence-electron chi connectivity index (χ1n) is 10.3. The number of hydrogen-bond acceptors (Lipinski definition) is 5. The topological polar surface area (TPSA) is 82.0 Å². The van der Waals surface area contributed by atoms with Gasteiger partial charge in [-0.15, -0.1) is 0 Å². The zero-order chi connectivity index (χ0) is 23.0. The Morgan fingerprint density at radius 2 is 1.94 bits per heavy atom. The highest BCUT2D eigenvalue weighted by molar-refractivity contribution is 8.03. The van der Waals surface area contributed by atoms with E-state index in [1.807, 2.05) is 32.9 Å². The number of hydrogen-bond donors (Lipinski definition) is 2. The Morgan fingerprint density at radius 1 is 1.29 bits per heavy atom. The van der Waals surface area contributed by atoms with Crippen LogP contribution in [-0.4, -0.2) is 23.0 Å². The number of dihydropyridines is 1. The van der Waals surface area contributed by atoms with Gasteiger partial charge < -0.3 is 10.6 Å². The standard InChI is InChI=1S/C24H28ClN3O2S/c1-23(2,3)28-19(30)13-31-22-16(12-26)20(14-6-8-15(25)9-7-14)21-17(27-22)10-24(4,5)11-18(21)29/h6-9,20,27H,10-11,13H2,1-5H3,(H,28,30). The van der Waals surface area contributed by atoms with Crippen LogP contribution < -0.4 is 10.6 Å². The summed E-state index contributed by atoms with van der Waals surface area (Å²) in [6.07, 6.45) is 1.14. The Hall–Kier alpha value is -2.23. The van der Waals surface area contributed by atoms with Crippen molar-refractivity contribution in [2.45, 2.75) is 58.9 Å². The molecule has 0 saturated carbocycles. The summed E-state index contributed by atoms with van der Waals surface area (Å²) in [4.78, 5) is 25.5. The molecule has 0 aromatic heterocycles. The summed E-state index contributed by atoms with van der Waals surface area (Å²) in [6, 6.07) is 9.58. The van der Waals surface area contributed by atoms with E-state index < -0.39 is 5.92 Å². The second kappa shape index (κ2) is 8.72. The minimum Gasteiger partial charge on any atom is -0.352 e. The number of carbonyl (C=O) groups is 2. The molecule has 0 radical (unpaired) electrons. The van der Waals surface area contributed by atoms with Crippen LogP contribution in [0.25, 0.3) is 0 Å². The number of carbonyl (C=O) groups excluding carboxylic acids is 2. The van der Waals surface area contributed by atoms with Gasteiger partial charge in [0.15, 0.2) is 5.78 Å². The maximum atomic E-state index is 13.2. The first-order valence-corrected chi connectivity index (χ1v) is 11.6. The molecule has 0 saturated heterocycles. The van der Waals surface area contributed by atoms with Crippen LogP contribution in [0, 0.1) is 16.7 Å². The highest BCUT2D eigenvalue weighted by atomic mass is 35.5. The van der Waals surface area contributed by atoms with E-state index in [1.165, 1.54) is 11.8 Å². The van der Waals surface area contributed by atoms with Crippen LogP contribution in [0.1, 0.15) is 58.9 Å². The van der Waals surface area contributed by atoms with E-state index in [0.717, 1.165) is 11.3 Å². The molecular formula is C24H28ClN3O2S. The Bertz CT molecular complexity index is 1010. The molecule has 1 unspecified atom stereocenters. The van der Waals surface area contributed by atoms with E-state index >= 15 is 0 Å². The Morgan fingerprint density at radius 3 is 2.52 bits per heavy atom. The van der Waals surface area contributed by atoms with E-state index in [-0.39, 0.29) is 28.4 Å². The molecule has 2 N–H and O–H groups in total. The second-order valence-electron chi connectivity index (χ2n) is 9.88. The highest BCUT2D eigenvalue weighted by Crippen LogP contribution is 2.47. The number of thioether (sulfide) groups is 1. The van der Waals surface area contributed by atoms with Gasteiger partial charge in [0, 0.05) is 28.3 Å². The molecule has 1 aromatic rings. The van der Waals surface area contributed by atoms with Gasteiger partial charge >= 0.3 is 0 Å². The predicted octanol–water partition coefficient (Wildman–Crippen LogP) is 5.05. The first kappa shape index (κ1) is 23.4. The van der Waals surface area contributed by atoms with Crippen molar-refractivity contribution in [2.24, 2.45) is 5.41 Å². The third-order valence-electron chi connectivity index (χ3n) is 5.19. The van der Waals surface area contributed by atoms with Gasteiger partial charge in [-0.25, -0.2) is 0 Å². The Balaban J connectivity index is 2.01. The van der Waals surface area contributed by atoms with Gasteiger partial charge in [0.05, 0.1) is 28.3 Å². The van der Waals surface area contributed by atoms with E-state index in [2.05, 4.69) is 30.6 Å². The van der Waals surface area contributed by atoms with Crippen molar-refractivity contribution in [2.75, 3.05) is 5.75 Å². The molecule has 1 aromatic carbocycles. The lowest BCUT2D eigenvalue weighted by molar-refractivity contribution is -0.120. The summed E-state index contributed by atoms with van der Waals surface area (Å²) in [7, 11) is 0. The number of Topliss-reactive ketones (excluding diaryl/α,β-unsaturated/α-hetero) is 1. The van der Waals surface area contributed by atoms with Gasteiger partial charge in [-0.2, -0.15) is 5.26 Å². The molecule has 7 heteroatoms. The maximum absolute atomic E-state index is 13.2. The van der Waals surface area contributed by atoms with Gasteiger partial charge in [-0.1, -0.05) is 49.3 Å². The maximum Gasteiger partial charge on any atom is 0.230 e. The Labute approximate surface area is 193 Å². The summed E-state index contributed by atoms with van der Waals surface area (Å²) < 4.78 is 0. The van der Waals surface area contributed by atoms with E-state index in [1.54, 1.807) is 12.1 Å². The molecule has 1 amide bonds. The molecule has 1 aliphatic carbocycles. The highest BCUT2D eigenvalue weighted by Gasteiger charge is 2.42. The van der Waals surface area contributed by atoms with Gasteiger partial charge in [0.2, 0.25) is 5.91 Å². The summed E-state index contributed by atoms with van der Waals surface area (Å²) >= 11 is 7.37. The summed E-state index contributed by atoms with van der Waals surface area (Å²) in [6.45, 7) is 9.93. The number of rotatable bonds is 4.